The van der Waals surface area contributed by atoms with Gasteiger partial charge in [-0.25, -0.2) is 4.79 Å². The Kier molecular flexibility index (Phi) is 8.35. The molecule has 0 aliphatic heterocycles. The van der Waals surface area contributed by atoms with Gasteiger partial charge in [0.2, 0.25) is 0 Å². The van der Waals surface area contributed by atoms with E-state index in [-0.39, 0.29) is 17.5 Å². The van der Waals surface area contributed by atoms with E-state index < -0.39 is 0 Å². The minimum Gasteiger partial charge on any atom is -0.458 e. The quantitative estimate of drug-likeness (QED) is 0.245. The van der Waals surface area contributed by atoms with Crippen LogP contribution in [0.1, 0.15) is 116 Å². The van der Waals surface area contributed by atoms with Crippen molar-refractivity contribution in [2.24, 2.45) is 46.3 Å². The van der Waals surface area contributed by atoms with E-state index in [4.69, 9.17) is 27.9 Å². The van der Waals surface area contributed by atoms with Crippen molar-refractivity contribution in [3.05, 3.63) is 45.5 Å². The molecule has 5 rings (SSSR count). The van der Waals surface area contributed by atoms with E-state index >= 15 is 0 Å². The van der Waals surface area contributed by atoms with Crippen LogP contribution < -0.4 is 0 Å². The summed E-state index contributed by atoms with van der Waals surface area (Å²) in [5, 5.41) is 0.886. The summed E-state index contributed by atoms with van der Waals surface area (Å²) < 4.78 is 5.99. The van der Waals surface area contributed by atoms with Crippen LogP contribution in [0.4, 0.5) is 0 Å². The van der Waals surface area contributed by atoms with Crippen LogP contribution in [0, 0.1) is 46.3 Å². The maximum absolute atomic E-state index is 12.9. The number of carbonyl (C=O) groups is 1. The minimum absolute atomic E-state index is 0.0680. The summed E-state index contributed by atoms with van der Waals surface area (Å²) in [4.78, 5) is 12.9. The SMILES string of the molecule is CC(C)CCCC(C)C1CCC2C3CC=C4CC(OC(=O)c5ccc(Cl)cc5Cl)CCC4(C)C3CCC12C. The average Bonchev–Trinajstić information content (AvgIpc) is 3.21. The molecule has 210 valence electrons. The number of benzene rings is 1. The van der Waals surface area contributed by atoms with Crippen LogP contribution in [0.25, 0.3) is 0 Å². The summed E-state index contributed by atoms with van der Waals surface area (Å²) in [5.74, 6) is 4.71. The third-order valence-electron chi connectivity index (χ3n) is 11.7. The van der Waals surface area contributed by atoms with Crippen LogP contribution in [-0.4, -0.2) is 12.1 Å². The molecule has 8 atom stereocenters. The van der Waals surface area contributed by atoms with Gasteiger partial charge in [0.05, 0.1) is 10.6 Å². The summed E-state index contributed by atoms with van der Waals surface area (Å²) in [6.07, 6.45) is 16.4. The van der Waals surface area contributed by atoms with Crippen molar-refractivity contribution >= 4 is 29.2 Å². The lowest BCUT2D eigenvalue weighted by molar-refractivity contribution is -0.0594. The lowest BCUT2D eigenvalue weighted by Gasteiger charge is -2.58. The Balaban J connectivity index is 1.25. The minimum atomic E-state index is -0.331. The zero-order valence-corrected chi connectivity index (χ0v) is 25.7. The Morgan fingerprint density at radius 1 is 1.03 bits per heavy atom. The third kappa shape index (κ3) is 5.23. The molecule has 0 N–H and O–H groups in total. The van der Waals surface area contributed by atoms with E-state index in [0.29, 0.717) is 21.0 Å². The number of ether oxygens (including phenoxy) is 1. The van der Waals surface area contributed by atoms with Gasteiger partial charge < -0.3 is 4.74 Å². The van der Waals surface area contributed by atoms with Gasteiger partial charge in [-0.05, 0) is 109 Å². The zero-order valence-electron chi connectivity index (χ0n) is 24.2. The van der Waals surface area contributed by atoms with Crippen LogP contribution >= 0.6 is 23.2 Å². The summed E-state index contributed by atoms with van der Waals surface area (Å²) in [5.41, 5.74) is 2.73. The van der Waals surface area contributed by atoms with Crippen LogP contribution in [-0.2, 0) is 4.74 Å². The van der Waals surface area contributed by atoms with Crippen molar-refractivity contribution in [3.8, 4) is 0 Å². The molecule has 8 unspecified atom stereocenters. The molecule has 38 heavy (non-hydrogen) atoms. The van der Waals surface area contributed by atoms with Gasteiger partial charge in [0.25, 0.3) is 0 Å². The average molecular weight is 560 g/mol. The van der Waals surface area contributed by atoms with Gasteiger partial charge in [0, 0.05) is 11.4 Å². The van der Waals surface area contributed by atoms with E-state index in [2.05, 4.69) is 40.7 Å². The van der Waals surface area contributed by atoms with Gasteiger partial charge >= 0.3 is 5.97 Å². The highest BCUT2D eigenvalue weighted by molar-refractivity contribution is 6.36. The number of esters is 1. The second kappa shape index (κ2) is 11.1. The van der Waals surface area contributed by atoms with Gasteiger partial charge in [0.15, 0.2) is 0 Å². The number of carbonyl (C=O) groups excluding carboxylic acids is 1. The van der Waals surface area contributed by atoms with Gasteiger partial charge in [0.1, 0.15) is 6.10 Å². The van der Waals surface area contributed by atoms with E-state index in [1.807, 2.05) is 0 Å². The number of hydrogen-bond acceptors (Lipinski definition) is 2. The van der Waals surface area contributed by atoms with Crippen molar-refractivity contribution in [3.63, 3.8) is 0 Å². The maximum Gasteiger partial charge on any atom is 0.339 e. The van der Waals surface area contributed by atoms with Crippen LogP contribution in [0.2, 0.25) is 10.0 Å². The lowest BCUT2D eigenvalue weighted by atomic mass is 9.47. The first-order valence-electron chi connectivity index (χ1n) is 15.4. The summed E-state index contributed by atoms with van der Waals surface area (Å²) in [6, 6.07) is 4.98. The molecule has 0 amide bonds. The van der Waals surface area contributed by atoms with E-state index in [9.17, 15) is 4.79 Å². The van der Waals surface area contributed by atoms with E-state index in [0.717, 1.165) is 54.8 Å². The molecule has 1 aromatic rings. The molecule has 0 bridgehead atoms. The van der Waals surface area contributed by atoms with Crippen molar-refractivity contribution in [1.29, 1.82) is 0 Å². The molecule has 3 saturated carbocycles. The fraction of sp³-hybridized carbons (Fsp3) is 0.735. The van der Waals surface area contributed by atoms with Crippen molar-refractivity contribution in [1.82, 2.24) is 0 Å². The number of rotatable bonds is 7. The summed E-state index contributed by atoms with van der Waals surface area (Å²) >= 11 is 12.3. The van der Waals surface area contributed by atoms with Gasteiger partial charge in [-0.1, -0.05) is 88.7 Å². The molecule has 1 aromatic carbocycles. The number of allylic oxidation sites excluding steroid dienone is 1. The Bertz CT molecular complexity index is 1060. The number of hydrogen-bond donors (Lipinski definition) is 0. The maximum atomic E-state index is 12.9. The number of halogens is 2. The first-order valence-corrected chi connectivity index (χ1v) is 16.1. The van der Waals surface area contributed by atoms with Gasteiger partial charge in [-0.2, -0.15) is 0 Å². The number of fused-ring (bicyclic) bond motifs is 5. The largest absolute Gasteiger partial charge is 0.458 e. The van der Waals surface area contributed by atoms with Gasteiger partial charge in [-0.15, -0.1) is 0 Å². The molecule has 3 fully saturated rings. The summed E-state index contributed by atoms with van der Waals surface area (Å²) in [7, 11) is 0. The van der Waals surface area contributed by atoms with Gasteiger partial charge in [-0.3, -0.25) is 0 Å². The summed E-state index contributed by atoms with van der Waals surface area (Å²) in [6.45, 7) is 12.5. The van der Waals surface area contributed by atoms with Crippen molar-refractivity contribution in [2.45, 2.75) is 111 Å². The standard InChI is InChI=1S/C34H48Cl2O2/c1-21(2)7-6-8-22(3)28-13-14-29-26-11-9-23-19-25(38-32(37)27-12-10-24(35)20-31(27)36)15-17-33(23,4)30(26)16-18-34(28,29)5/h9-10,12,20-22,25-26,28-30H,6-8,11,13-19H2,1-5H3. The molecule has 4 heteroatoms. The molecule has 2 nitrogen and oxygen atoms in total. The molecular weight excluding hydrogens is 511 g/mol. The molecule has 4 aliphatic rings. The van der Waals surface area contributed by atoms with E-state index in [1.165, 1.54) is 51.4 Å². The lowest BCUT2D eigenvalue weighted by Crippen LogP contribution is -2.51. The first-order chi connectivity index (χ1) is 18.0. The molecule has 0 spiro atoms. The second-order valence-electron chi connectivity index (χ2n) is 14.2. The van der Waals surface area contributed by atoms with Crippen LogP contribution in [0.15, 0.2) is 29.8 Å². The second-order valence-corrected chi connectivity index (χ2v) is 15.0. The van der Waals surface area contributed by atoms with E-state index in [1.54, 1.807) is 23.8 Å². The topological polar surface area (TPSA) is 26.3 Å². The normalized spacial score (nSPS) is 37.2. The monoisotopic (exact) mass is 558 g/mol. The van der Waals surface area contributed by atoms with Crippen LogP contribution in [0.5, 0.6) is 0 Å². The highest BCUT2D eigenvalue weighted by Gasteiger charge is 2.59. The Hall–Kier alpha value is -0.990. The zero-order chi connectivity index (χ0) is 27.2. The van der Waals surface area contributed by atoms with Crippen LogP contribution in [0.3, 0.4) is 0 Å². The molecule has 4 aliphatic carbocycles. The highest BCUT2D eigenvalue weighted by atomic mass is 35.5. The molecular formula is C34H48Cl2O2. The molecule has 0 heterocycles. The molecule has 0 radical (unpaired) electrons. The smallest absolute Gasteiger partial charge is 0.339 e. The Labute approximate surface area is 241 Å². The third-order valence-corrected chi connectivity index (χ3v) is 12.2. The highest BCUT2D eigenvalue weighted by Crippen LogP contribution is 2.67. The first kappa shape index (κ1) is 28.5. The predicted molar refractivity (Wildman–Crippen MR) is 159 cm³/mol. The Morgan fingerprint density at radius 2 is 1.82 bits per heavy atom. The molecule has 0 saturated heterocycles. The van der Waals surface area contributed by atoms with Crippen molar-refractivity contribution in [2.75, 3.05) is 0 Å². The van der Waals surface area contributed by atoms with Crippen molar-refractivity contribution < 1.29 is 9.53 Å². The Morgan fingerprint density at radius 3 is 2.55 bits per heavy atom. The fourth-order valence-corrected chi connectivity index (χ4v) is 10.1. The predicted octanol–water partition coefficient (Wildman–Crippen LogP) is 10.6. The molecule has 0 aromatic heterocycles. The fourth-order valence-electron chi connectivity index (χ4n) is 9.62.